The van der Waals surface area contributed by atoms with Crippen LogP contribution in [0.5, 0.6) is 0 Å². The zero-order valence-corrected chi connectivity index (χ0v) is 10.2. The molecule has 18 heavy (non-hydrogen) atoms. The summed E-state index contributed by atoms with van der Waals surface area (Å²) in [4.78, 5) is 22.2. The lowest BCUT2D eigenvalue weighted by molar-refractivity contribution is -0.385. The van der Waals surface area contributed by atoms with Crippen LogP contribution in [0.15, 0.2) is 18.2 Å². The van der Waals surface area contributed by atoms with Crippen molar-refractivity contribution in [3.05, 3.63) is 38.9 Å². The van der Waals surface area contributed by atoms with Gasteiger partial charge < -0.3 is 11.1 Å². The molecule has 0 unspecified atom stereocenters. The van der Waals surface area contributed by atoms with Crippen LogP contribution in [0.4, 0.5) is 5.69 Å². The van der Waals surface area contributed by atoms with Crippen molar-refractivity contribution in [3.63, 3.8) is 0 Å². The van der Waals surface area contributed by atoms with Crippen LogP contribution in [-0.2, 0) is 0 Å². The summed E-state index contributed by atoms with van der Waals surface area (Å²) in [6.45, 7) is 0. The summed E-state index contributed by atoms with van der Waals surface area (Å²) in [5, 5.41) is 13.6. The van der Waals surface area contributed by atoms with Gasteiger partial charge in [-0.05, 0) is 18.9 Å². The molecule has 1 aliphatic rings. The second-order valence-electron chi connectivity index (χ2n) is 4.29. The second kappa shape index (κ2) is 4.91. The summed E-state index contributed by atoms with van der Waals surface area (Å²) in [5.41, 5.74) is 5.22. The normalized spacial score (nSPS) is 22.1. The molecule has 1 aromatic rings. The number of carbonyl (C=O) groups is 1. The van der Waals surface area contributed by atoms with Crippen LogP contribution in [0.25, 0.3) is 0 Å². The van der Waals surface area contributed by atoms with Gasteiger partial charge in [-0.3, -0.25) is 14.9 Å². The first-order chi connectivity index (χ1) is 8.49. The second-order valence-corrected chi connectivity index (χ2v) is 4.70. The highest BCUT2D eigenvalue weighted by Gasteiger charge is 2.30. The Morgan fingerprint density at radius 1 is 1.50 bits per heavy atom. The van der Waals surface area contributed by atoms with E-state index in [0.717, 1.165) is 0 Å². The highest BCUT2D eigenvalue weighted by molar-refractivity contribution is 6.34. The minimum absolute atomic E-state index is 0.0247. The Hall–Kier alpha value is -1.66. The Bertz CT molecular complexity index is 500. The highest BCUT2D eigenvalue weighted by Crippen LogP contribution is 2.27. The van der Waals surface area contributed by atoms with Gasteiger partial charge in [-0.25, -0.2) is 0 Å². The van der Waals surface area contributed by atoms with Crippen molar-refractivity contribution in [3.8, 4) is 0 Å². The Balaban J connectivity index is 2.21. The van der Waals surface area contributed by atoms with E-state index in [1.165, 1.54) is 18.2 Å². The van der Waals surface area contributed by atoms with E-state index in [1.54, 1.807) is 0 Å². The van der Waals surface area contributed by atoms with E-state index in [9.17, 15) is 14.9 Å². The molecule has 7 heteroatoms. The number of benzene rings is 1. The number of hydrogen-bond acceptors (Lipinski definition) is 4. The average molecular weight is 270 g/mol. The third-order valence-electron chi connectivity index (χ3n) is 2.93. The number of nitrogens with one attached hydrogen (secondary N) is 1. The fourth-order valence-electron chi connectivity index (χ4n) is 1.93. The van der Waals surface area contributed by atoms with Crippen LogP contribution in [0.2, 0.25) is 5.02 Å². The van der Waals surface area contributed by atoms with Gasteiger partial charge in [0.15, 0.2) is 0 Å². The molecule has 1 amide bonds. The lowest BCUT2D eigenvalue weighted by Crippen LogP contribution is -2.50. The molecule has 6 nitrogen and oxygen atoms in total. The van der Waals surface area contributed by atoms with Crippen LogP contribution in [0.1, 0.15) is 23.2 Å². The highest BCUT2D eigenvalue weighted by atomic mass is 35.5. The molecule has 0 spiro atoms. The van der Waals surface area contributed by atoms with Crippen molar-refractivity contribution in [1.29, 1.82) is 0 Å². The quantitative estimate of drug-likeness (QED) is 0.641. The third kappa shape index (κ3) is 2.44. The van der Waals surface area contributed by atoms with Crippen LogP contribution in [0, 0.1) is 10.1 Å². The van der Waals surface area contributed by atoms with Crippen molar-refractivity contribution >= 4 is 23.2 Å². The van der Waals surface area contributed by atoms with Crippen molar-refractivity contribution < 1.29 is 9.72 Å². The first-order valence-electron chi connectivity index (χ1n) is 5.48. The minimum atomic E-state index is -0.618. The SMILES string of the molecule is NC1CC(NC(=O)c2c(Cl)cccc2[N+](=O)[O-])C1. The Labute approximate surface area is 108 Å². The van der Waals surface area contributed by atoms with E-state index in [2.05, 4.69) is 5.32 Å². The molecular formula is C11H12ClN3O3. The molecule has 0 aliphatic heterocycles. The molecule has 0 aromatic heterocycles. The number of amides is 1. The first-order valence-corrected chi connectivity index (χ1v) is 5.86. The zero-order valence-electron chi connectivity index (χ0n) is 9.43. The van der Waals surface area contributed by atoms with Gasteiger partial charge in [0.2, 0.25) is 0 Å². The summed E-state index contributed by atoms with van der Waals surface area (Å²) < 4.78 is 0. The van der Waals surface area contributed by atoms with Crippen LogP contribution < -0.4 is 11.1 Å². The Morgan fingerprint density at radius 2 is 2.17 bits per heavy atom. The summed E-state index contributed by atoms with van der Waals surface area (Å²) in [5.74, 6) is -0.524. The van der Waals surface area contributed by atoms with E-state index < -0.39 is 10.8 Å². The number of nitro groups is 1. The monoisotopic (exact) mass is 269 g/mol. The topological polar surface area (TPSA) is 98.3 Å². The molecule has 96 valence electrons. The molecule has 3 N–H and O–H groups in total. The molecule has 1 aromatic carbocycles. The molecule has 0 bridgehead atoms. The van der Waals surface area contributed by atoms with Crippen LogP contribution in [0.3, 0.4) is 0 Å². The molecule has 1 fully saturated rings. The number of rotatable bonds is 3. The maximum Gasteiger partial charge on any atom is 0.283 e. The lowest BCUT2D eigenvalue weighted by atomic mass is 9.87. The molecule has 0 radical (unpaired) electrons. The average Bonchev–Trinajstić information content (AvgIpc) is 2.26. The van der Waals surface area contributed by atoms with Crippen molar-refractivity contribution in [1.82, 2.24) is 5.32 Å². The van der Waals surface area contributed by atoms with Gasteiger partial charge in [0.25, 0.3) is 11.6 Å². The number of nitro benzene ring substituents is 1. The predicted molar refractivity (Wildman–Crippen MR) is 66.6 cm³/mol. The summed E-state index contributed by atoms with van der Waals surface area (Å²) in [6.07, 6.45) is 1.37. The molecule has 0 saturated heterocycles. The standard InChI is InChI=1S/C11H12ClN3O3/c12-8-2-1-3-9(15(17)18)10(8)11(16)14-7-4-6(13)5-7/h1-3,6-7H,4-5,13H2,(H,14,16). The van der Waals surface area contributed by atoms with Crippen molar-refractivity contribution in [2.75, 3.05) is 0 Å². The number of carbonyl (C=O) groups excluding carboxylic acids is 1. The Kier molecular flexibility index (Phi) is 3.49. The largest absolute Gasteiger partial charge is 0.349 e. The fraction of sp³-hybridized carbons (Fsp3) is 0.364. The van der Waals surface area contributed by atoms with E-state index in [0.29, 0.717) is 12.8 Å². The summed E-state index contributed by atoms with van der Waals surface area (Å²) in [6, 6.07) is 4.22. The van der Waals surface area contributed by atoms with E-state index in [4.69, 9.17) is 17.3 Å². The third-order valence-corrected chi connectivity index (χ3v) is 3.24. The van der Waals surface area contributed by atoms with E-state index >= 15 is 0 Å². The van der Waals surface area contributed by atoms with Gasteiger partial charge in [0.05, 0.1) is 9.95 Å². The molecule has 2 rings (SSSR count). The van der Waals surface area contributed by atoms with Gasteiger partial charge in [0, 0.05) is 18.2 Å². The zero-order chi connectivity index (χ0) is 13.3. The van der Waals surface area contributed by atoms with Gasteiger partial charge >= 0.3 is 0 Å². The molecule has 0 heterocycles. The minimum Gasteiger partial charge on any atom is -0.349 e. The van der Waals surface area contributed by atoms with Crippen molar-refractivity contribution in [2.45, 2.75) is 24.9 Å². The van der Waals surface area contributed by atoms with Crippen molar-refractivity contribution in [2.24, 2.45) is 5.73 Å². The summed E-state index contributed by atoms with van der Waals surface area (Å²) in [7, 11) is 0. The Morgan fingerprint density at radius 3 is 2.72 bits per heavy atom. The maximum absolute atomic E-state index is 12.0. The summed E-state index contributed by atoms with van der Waals surface area (Å²) >= 11 is 5.85. The van der Waals surface area contributed by atoms with E-state index in [-0.39, 0.29) is 28.4 Å². The fourth-order valence-corrected chi connectivity index (χ4v) is 2.18. The maximum atomic E-state index is 12.0. The van der Waals surface area contributed by atoms with Gasteiger partial charge in [0.1, 0.15) is 5.56 Å². The number of halogens is 1. The first kappa shape index (κ1) is 12.8. The van der Waals surface area contributed by atoms with Crippen LogP contribution in [-0.4, -0.2) is 22.9 Å². The number of hydrogen-bond donors (Lipinski definition) is 2. The van der Waals surface area contributed by atoms with Crippen LogP contribution >= 0.6 is 11.6 Å². The number of nitrogens with zero attached hydrogens (tertiary/aromatic N) is 1. The molecule has 0 atom stereocenters. The molecule has 1 aliphatic carbocycles. The predicted octanol–water partition coefficient (Wildman–Crippen LogP) is 1.47. The molecular weight excluding hydrogens is 258 g/mol. The lowest BCUT2D eigenvalue weighted by Gasteiger charge is -2.32. The van der Waals surface area contributed by atoms with E-state index in [1.807, 2.05) is 0 Å². The molecule has 1 saturated carbocycles. The van der Waals surface area contributed by atoms with Gasteiger partial charge in [-0.2, -0.15) is 0 Å². The van der Waals surface area contributed by atoms with Gasteiger partial charge in [-0.1, -0.05) is 17.7 Å². The van der Waals surface area contributed by atoms with Gasteiger partial charge in [-0.15, -0.1) is 0 Å². The smallest absolute Gasteiger partial charge is 0.283 e. The number of nitrogens with two attached hydrogens (primary N) is 1.